The molecule has 0 aromatic carbocycles. The molecule has 7 heterocycles. The molecule has 0 aliphatic heterocycles. The van der Waals surface area contributed by atoms with Crippen LogP contribution in [0.15, 0.2) is 78.8 Å². The highest BCUT2D eigenvalue weighted by molar-refractivity contribution is 7.14. The maximum atomic E-state index is 11.2. The summed E-state index contributed by atoms with van der Waals surface area (Å²) in [5.41, 5.74) is 25.7. The number of carboxylic acids is 5. The monoisotopic (exact) mass is 1280 g/mol. The summed E-state index contributed by atoms with van der Waals surface area (Å²) in [6, 6.07) is 1.83. The number of hydrogen-bond acceptors (Lipinski definition) is 34. The molecule has 7 rings (SSSR count). The smallest absolute Gasteiger partial charge is 0.373 e. The molecular formula is C44H46N16O20S5. The van der Waals surface area contributed by atoms with Gasteiger partial charge in [0.1, 0.15) is 22.7 Å². The summed E-state index contributed by atoms with van der Waals surface area (Å²) in [4.78, 5) is 121. The number of aliphatic carboxylic acids is 5. The van der Waals surface area contributed by atoms with Crippen molar-refractivity contribution in [1.29, 1.82) is 0 Å². The zero-order valence-corrected chi connectivity index (χ0v) is 47.5. The van der Waals surface area contributed by atoms with E-state index in [0.29, 0.717) is 44.0 Å². The number of carboxylic acid groups (broad SMARTS) is 5. The van der Waals surface area contributed by atoms with Crippen LogP contribution < -0.4 is 39.5 Å². The van der Waals surface area contributed by atoms with Crippen molar-refractivity contribution in [2.45, 2.75) is 46.8 Å². The summed E-state index contributed by atoms with van der Waals surface area (Å²) in [5, 5.41) is 94.1. The zero-order chi connectivity index (χ0) is 64.1. The predicted octanol–water partition coefficient (Wildman–Crippen LogP) is 2.30. The number of carbonyl (C=O) groups is 5. The van der Waals surface area contributed by atoms with Gasteiger partial charge in [0.05, 0.1) is 34.9 Å². The summed E-state index contributed by atoms with van der Waals surface area (Å²) < 4.78 is 8.41. The van der Waals surface area contributed by atoms with Crippen LogP contribution in [0.5, 0.6) is 11.5 Å². The number of rotatable bonds is 18. The first-order valence-electron chi connectivity index (χ1n) is 22.4. The molecule has 7 aromatic rings. The normalized spacial score (nSPS) is 11.2. The van der Waals surface area contributed by atoms with Crippen LogP contribution in [0.25, 0.3) is 16.7 Å². The van der Waals surface area contributed by atoms with Crippen LogP contribution in [-0.2, 0) is 56.5 Å². The number of oxime groups is 2. The largest absolute Gasteiger partial charge is 0.503 e. The molecule has 0 spiro atoms. The van der Waals surface area contributed by atoms with E-state index >= 15 is 0 Å². The van der Waals surface area contributed by atoms with Gasteiger partial charge in [-0.15, -0.1) is 34.0 Å². The van der Waals surface area contributed by atoms with E-state index in [2.05, 4.69) is 44.0 Å². The molecule has 0 aliphatic carbocycles. The maximum absolute atomic E-state index is 11.2. The lowest BCUT2D eigenvalue weighted by molar-refractivity contribution is -0.192. The SMILES string of the molecule is C/C=C(\C(=O)O)c1csc(N)n1.CC/C=C(\C(=O)O)c1csc(N)n1.CC/C=C(\C(=O)O)c1nsc(N)n1.Nc1nc(/C(=N/OCc2cc(=O)c(O)cn2O)C(=O)O)cs1.Nc1nc(/C(=N/OCc2cc(=O)c(O)cn2O)C(=O)O)ns1.O=C=O. The Balaban J connectivity index is 0.000000367. The van der Waals surface area contributed by atoms with Crippen molar-refractivity contribution in [2.24, 2.45) is 10.3 Å². The van der Waals surface area contributed by atoms with E-state index in [1.54, 1.807) is 29.8 Å². The molecule has 0 saturated carbocycles. The Morgan fingerprint density at radius 2 is 0.929 bits per heavy atom. The first-order valence-corrected chi connectivity index (χ1v) is 26.5. The van der Waals surface area contributed by atoms with E-state index in [4.69, 9.17) is 83.7 Å². The molecular weight excluding hydrogens is 1230 g/mol. The van der Waals surface area contributed by atoms with Gasteiger partial charge in [0, 0.05) is 51.3 Å². The van der Waals surface area contributed by atoms with Crippen molar-refractivity contribution >= 4 is 147 Å². The molecule has 0 radical (unpaired) electrons. The molecule has 0 amide bonds. The predicted molar refractivity (Wildman–Crippen MR) is 303 cm³/mol. The third-order valence-electron chi connectivity index (χ3n) is 8.81. The quantitative estimate of drug-likeness (QED) is 0.0254. The van der Waals surface area contributed by atoms with E-state index in [0.717, 1.165) is 58.9 Å². The van der Waals surface area contributed by atoms with Crippen molar-refractivity contribution in [3.05, 3.63) is 119 Å². The molecule has 0 bridgehead atoms. The van der Waals surface area contributed by atoms with Gasteiger partial charge in [0.2, 0.25) is 28.1 Å². The number of hydrogen-bond donors (Lipinski definition) is 14. The van der Waals surface area contributed by atoms with Crippen molar-refractivity contribution in [2.75, 3.05) is 28.7 Å². The molecule has 0 unspecified atom stereocenters. The number of aromatic nitrogens is 9. The van der Waals surface area contributed by atoms with Gasteiger partial charge < -0.3 is 84.5 Å². The van der Waals surface area contributed by atoms with Crippen LogP contribution in [0.3, 0.4) is 0 Å². The van der Waals surface area contributed by atoms with E-state index in [-0.39, 0.29) is 67.0 Å². The molecule has 0 atom stereocenters. The first-order chi connectivity index (χ1) is 40.1. The number of thiazole rings is 3. The van der Waals surface area contributed by atoms with Gasteiger partial charge in [-0.2, -0.15) is 37.8 Å². The van der Waals surface area contributed by atoms with Crippen molar-refractivity contribution < 1.29 is 89.4 Å². The average Bonchev–Trinajstić information content (AvgIpc) is 4.54. The Bertz CT molecular complexity index is 3570. The summed E-state index contributed by atoms with van der Waals surface area (Å²) in [7, 11) is 0. The molecule has 19 N–H and O–H groups in total. The van der Waals surface area contributed by atoms with Gasteiger partial charge in [-0.25, -0.2) is 38.9 Å². The number of anilines is 5. The van der Waals surface area contributed by atoms with Gasteiger partial charge in [0.25, 0.3) is 0 Å². The first kappa shape index (κ1) is 70.1. The third-order valence-corrected chi connectivity index (χ3v) is 11.9. The van der Waals surface area contributed by atoms with E-state index in [1.165, 1.54) is 34.1 Å². The Kier molecular flexibility index (Phi) is 28.9. The van der Waals surface area contributed by atoms with Gasteiger partial charge >= 0.3 is 36.0 Å². The van der Waals surface area contributed by atoms with Crippen LogP contribution in [0, 0.1) is 0 Å². The number of nitrogens with zero attached hydrogens (tertiary/aromatic N) is 11. The lowest BCUT2D eigenvalue weighted by Crippen LogP contribution is -2.17. The van der Waals surface area contributed by atoms with Crippen LogP contribution >= 0.6 is 57.1 Å². The highest BCUT2D eigenvalue weighted by atomic mass is 32.1. The number of pyridine rings is 2. The van der Waals surface area contributed by atoms with Crippen LogP contribution in [0.4, 0.5) is 25.7 Å². The van der Waals surface area contributed by atoms with E-state index in [9.17, 15) is 44.0 Å². The molecule has 41 heteroatoms. The molecule has 7 aromatic heterocycles. The lowest BCUT2D eigenvalue weighted by Gasteiger charge is -2.06. The fraction of sp³-hybridized carbons (Fsp3) is 0.159. The highest BCUT2D eigenvalue weighted by Gasteiger charge is 2.21. The topological polar surface area (TPSA) is 609 Å². The standard InChI is InChI=1S/C11H10N4O6S.C10H9N5O6S.C8H10N2O2S.C7H9N3O2S.C7H8N2O2S.CO2/c12-11-13-6(4-22-11)9(10(18)19)14-21-3-5-1-7(16)8(17)2-15(5)20;11-10-12-8(14-22-10)7(9(18)19)13-21-3-4-1-5(16)6(17)2-15(4)20;1-2-3-5(7(11)12)6-4-13-8(9)10-6;1-2-3-4(6(11)12)5-9-7(8)13-10-5;1-2-4(6(10)11)5-3-12-7(8)9-5;2-1-3/h1-2,4,17,20H,3H2,(H2,12,13)(H,18,19);1-2,17,20H,3H2,(H,18,19)(H2,11,12,14);3-4H,2H2,1H3,(H2,9,10)(H,11,12);3H,2H2,1H3,(H,11,12)(H2,8,9,10);2-3H,1H3,(H2,8,9)(H,10,11);/b14-9-;13-7-;5-3-;4-3-;4-2-;. The minimum atomic E-state index is -1.44. The van der Waals surface area contributed by atoms with Crippen molar-refractivity contribution in [3.63, 3.8) is 0 Å². The van der Waals surface area contributed by atoms with Crippen molar-refractivity contribution in [1.82, 2.24) is 43.1 Å². The summed E-state index contributed by atoms with van der Waals surface area (Å²) in [5.74, 6) is -7.11. The second kappa shape index (κ2) is 35.0. The molecule has 0 aliphatic rings. The number of nitrogens with two attached hydrogens (primary N) is 5. The highest BCUT2D eigenvalue weighted by Crippen LogP contribution is 2.21. The zero-order valence-electron chi connectivity index (χ0n) is 43.5. The van der Waals surface area contributed by atoms with E-state index in [1.807, 2.05) is 13.8 Å². The fourth-order valence-corrected chi connectivity index (χ4v) is 7.83. The Morgan fingerprint density at radius 3 is 1.26 bits per heavy atom. The Morgan fingerprint density at radius 1 is 0.565 bits per heavy atom. The molecule has 0 fully saturated rings. The lowest BCUT2D eigenvalue weighted by atomic mass is 10.2. The second-order valence-corrected chi connectivity index (χ2v) is 18.9. The van der Waals surface area contributed by atoms with Gasteiger partial charge in [-0.05, 0) is 19.8 Å². The second-order valence-electron chi connectivity index (χ2n) is 14.6. The Hall–Kier alpha value is -11.0. The summed E-state index contributed by atoms with van der Waals surface area (Å²) in [6.45, 7) is 4.54. The fourth-order valence-electron chi connectivity index (χ4n) is 5.28. The van der Waals surface area contributed by atoms with Gasteiger partial charge in [0.15, 0.2) is 56.2 Å². The summed E-state index contributed by atoms with van der Waals surface area (Å²) >= 11 is 5.28. The van der Waals surface area contributed by atoms with Crippen molar-refractivity contribution in [3.8, 4) is 11.5 Å². The minimum Gasteiger partial charge on any atom is -0.503 e. The van der Waals surface area contributed by atoms with Crippen LogP contribution in [0.1, 0.15) is 73.7 Å². The van der Waals surface area contributed by atoms with E-state index < -0.39 is 76.8 Å². The van der Waals surface area contributed by atoms with Gasteiger partial charge in [-0.3, -0.25) is 9.59 Å². The van der Waals surface area contributed by atoms with Crippen LogP contribution in [-0.4, -0.2) is 137 Å². The Labute approximate surface area is 493 Å². The number of nitrogen functional groups attached to an aromatic ring is 5. The van der Waals surface area contributed by atoms with Gasteiger partial charge in [-0.1, -0.05) is 42.4 Å². The molecule has 452 valence electrons. The molecule has 85 heavy (non-hydrogen) atoms. The molecule has 0 saturated heterocycles. The maximum Gasteiger partial charge on any atom is 0.373 e. The third kappa shape index (κ3) is 23.2. The number of aromatic hydroxyl groups is 2. The van der Waals surface area contributed by atoms with Crippen LogP contribution in [0.2, 0.25) is 0 Å². The minimum absolute atomic E-state index is 0.0297. The summed E-state index contributed by atoms with van der Waals surface area (Å²) in [6.07, 6.45) is 7.77. The number of allylic oxidation sites excluding steroid dienone is 3. The average molecular weight is 1280 g/mol. The number of carbonyl (C=O) groups excluding carboxylic acids is 2. The molecule has 36 nitrogen and oxygen atoms in total.